The molecule has 1 saturated heterocycles. The van der Waals surface area contributed by atoms with Crippen LogP contribution in [-0.4, -0.2) is 45.9 Å². The van der Waals surface area contributed by atoms with Gasteiger partial charge in [-0.2, -0.15) is 17.4 Å². The molecule has 1 aliphatic heterocycles. The Kier molecular flexibility index (Phi) is 6.41. The molecule has 1 fully saturated rings. The van der Waals surface area contributed by atoms with E-state index < -0.39 is 22.3 Å². The van der Waals surface area contributed by atoms with Crippen molar-refractivity contribution < 1.29 is 22.7 Å². The van der Waals surface area contributed by atoms with Crippen LogP contribution in [0.4, 0.5) is 0 Å². The molecule has 2 N–H and O–H groups in total. The van der Waals surface area contributed by atoms with Crippen molar-refractivity contribution in [1.29, 1.82) is 0 Å². The maximum absolute atomic E-state index is 12.8. The molecule has 3 rings (SSSR count). The molecule has 1 amide bonds. The molecule has 9 heteroatoms. The molecule has 0 aromatic heterocycles. The Morgan fingerprint density at radius 1 is 1.14 bits per heavy atom. The SMILES string of the molecule is COc1ccc([C@@H]2C[C@H](C(=O)NCc3ccccc3)N(C)S(=O)(=O)N2)cc1OC. The van der Waals surface area contributed by atoms with Gasteiger partial charge >= 0.3 is 0 Å². The van der Waals surface area contributed by atoms with Crippen LogP contribution in [0, 0.1) is 0 Å². The van der Waals surface area contributed by atoms with Crippen LogP contribution >= 0.6 is 0 Å². The molecule has 0 saturated carbocycles. The molecule has 0 bridgehead atoms. The molecular weight excluding hydrogens is 394 g/mol. The highest BCUT2D eigenvalue weighted by Gasteiger charge is 2.40. The van der Waals surface area contributed by atoms with E-state index in [1.54, 1.807) is 18.2 Å². The summed E-state index contributed by atoms with van der Waals surface area (Å²) in [5.41, 5.74) is 1.64. The Balaban J connectivity index is 1.80. The van der Waals surface area contributed by atoms with Crippen molar-refractivity contribution in [2.45, 2.75) is 25.0 Å². The van der Waals surface area contributed by atoms with Crippen LogP contribution in [-0.2, 0) is 21.5 Å². The molecule has 0 unspecified atom stereocenters. The van der Waals surface area contributed by atoms with Crippen LogP contribution in [0.25, 0.3) is 0 Å². The van der Waals surface area contributed by atoms with Crippen molar-refractivity contribution in [3.8, 4) is 11.5 Å². The lowest BCUT2D eigenvalue weighted by Crippen LogP contribution is -2.57. The number of ether oxygens (including phenoxy) is 2. The van der Waals surface area contributed by atoms with Gasteiger partial charge in [0.2, 0.25) is 5.91 Å². The average molecular weight is 420 g/mol. The van der Waals surface area contributed by atoms with Crippen LogP contribution in [0.1, 0.15) is 23.6 Å². The number of methoxy groups -OCH3 is 2. The number of hydrogen-bond donors (Lipinski definition) is 2. The summed E-state index contributed by atoms with van der Waals surface area (Å²) in [6, 6.07) is 13.3. The molecule has 1 aliphatic rings. The van der Waals surface area contributed by atoms with Gasteiger partial charge in [-0.05, 0) is 29.7 Å². The smallest absolute Gasteiger partial charge is 0.280 e. The summed E-state index contributed by atoms with van der Waals surface area (Å²) in [6.07, 6.45) is 0.284. The maximum atomic E-state index is 12.8. The summed E-state index contributed by atoms with van der Waals surface area (Å²) in [5.74, 6) is 0.698. The van der Waals surface area contributed by atoms with Gasteiger partial charge in [0.15, 0.2) is 11.5 Å². The van der Waals surface area contributed by atoms with Crippen molar-refractivity contribution in [2.75, 3.05) is 21.3 Å². The number of nitrogens with one attached hydrogen (secondary N) is 2. The van der Waals surface area contributed by atoms with E-state index in [2.05, 4.69) is 10.0 Å². The third kappa shape index (κ3) is 4.69. The van der Waals surface area contributed by atoms with E-state index >= 15 is 0 Å². The summed E-state index contributed by atoms with van der Waals surface area (Å²) >= 11 is 0. The molecule has 1 heterocycles. The first-order chi connectivity index (χ1) is 13.9. The fourth-order valence-electron chi connectivity index (χ4n) is 3.30. The van der Waals surface area contributed by atoms with Gasteiger partial charge < -0.3 is 14.8 Å². The lowest BCUT2D eigenvalue weighted by Gasteiger charge is -2.36. The Hall–Kier alpha value is -2.62. The third-order valence-electron chi connectivity index (χ3n) is 4.99. The zero-order chi connectivity index (χ0) is 21.0. The van der Waals surface area contributed by atoms with Gasteiger partial charge in [0, 0.05) is 13.6 Å². The van der Waals surface area contributed by atoms with Crippen molar-refractivity contribution >= 4 is 16.1 Å². The average Bonchev–Trinajstić information content (AvgIpc) is 2.74. The summed E-state index contributed by atoms with van der Waals surface area (Å²) in [5, 5.41) is 2.83. The predicted molar refractivity (Wildman–Crippen MR) is 109 cm³/mol. The first-order valence-corrected chi connectivity index (χ1v) is 10.6. The van der Waals surface area contributed by atoms with Crippen molar-refractivity contribution in [3.05, 3.63) is 59.7 Å². The topological polar surface area (TPSA) is 97.0 Å². The van der Waals surface area contributed by atoms with Crippen LogP contribution in [0.2, 0.25) is 0 Å². The van der Waals surface area contributed by atoms with Gasteiger partial charge in [0.05, 0.1) is 20.3 Å². The maximum Gasteiger partial charge on any atom is 0.280 e. The minimum atomic E-state index is -3.82. The Morgan fingerprint density at radius 2 is 1.83 bits per heavy atom. The second-order valence-electron chi connectivity index (χ2n) is 6.76. The fourth-order valence-corrected chi connectivity index (χ4v) is 4.57. The summed E-state index contributed by atoms with van der Waals surface area (Å²) in [4.78, 5) is 12.8. The monoisotopic (exact) mass is 419 g/mol. The molecule has 29 heavy (non-hydrogen) atoms. The normalized spacial score (nSPS) is 21.3. The number of carbonyl (C=O) groups excluding carboxylic acids is 1. The molecule has 156 valence electrons. The fraction of sp³-hybridized carbons (Fsp3) is 0.350. The predicted octanol–water partition coefficient (Wildman–Crippen LogP) is 1.60. The van der Waals surface area contributed by atoms with Gasteiger partial charge in [-0.15, -0.1) is 0 Å². The van der Waals surface area contributed by atoms with E-state index in [4.69, 9.17) is 9.47 Å². The first-order valence-electron chi connectivity index (χ1n) is 9.14. The molecule has 0 aliphatic carbocycles. The number of benzene rings is 2. The first kappa shape index (κ1) is 21.1. The van der Waals surface area contributed by atoms with E-state index in [-0.39, 0.29) is 12.3 Å². The minimum Gasteiger partial charge on any atom is -0.493 e. The highest BCUT2D eigenvalue weighted by Crippen LogP contribution is 2.34. The second-order valence-corrected chi connectivity index (χ2v) is 8.52. The van der Waals surface area contributed by atoms with Gasteiger partial charge in [-0.3, -0.25) is 4.79 Å². The molecule has 0 spiro atoms. The van der Waals surface area contributed by atoms with E-state index in [9.17, 15) is 13.2 Å². The van der Waals surface area contributed by atoms with Crippen LogP contribution in [0.15, 0.2) is 48.5 Å². The van der Waals surface area contributed by atoms with E-state index in [0.717, 1.165) is 9.87 Å². The lowest BCUT2D eigenvalue weighted by atomic mass is 9.99. The Bertz CT molecular complexity index is 965. The van der Waals surface area contributed by atoms with Gasteiger partial charge in [0.1, 0.15) is 6.04 Å². The Morgan fingerprint density at radius 3 is 2.48 bits per heavy atom. The largest absolute Gasteiger partial charge is 0.493 e. The highest BCUT2D eigenvalue weighted by molar-refractivity contribution is 7.87. The molecule has 2 atom stereocenters. The molecule has 2 aromatic carbocycles. The zero-order valence-corrected chi connectivity index (χ0v) is 17.4. The van der Waals surface area contributed by atoms with Crippen molar-refractivity contribution in [1.82, 2.24) is 14.3 Å². The van der Waals surface area contributed by atoms with Gasteiger partial charge in [-0.25, -0.2) is 0 Å². The molecule has 2 aromatic rings. The molecule has 0 radical (unpaired) electrons. The Labute approximate surface area is 171 Å². The standard InChI is InChI=1S/C20H25N3O5S/c1-23-17(20(24)21-13-14-7-5-4-6-8-14)12-16(22-29(23,25)26)15-9-10-18(27-2)19(11-15)28-3/h4-11,16-17,22H,12-13H2,1-3H3,(H,21,24)/t16-,17+/m0/s1. The zero-order valence-electron chi connectivity index (χ0n) is 16.6. The van der Waals surface area contributed by atoms with Crippen LogP contribution < -0.4 is 19.5 Å². The number of rotatable bonds is 6. The van der Waals surface area contributed by atoms with Crippen molar-refractivity contribution in [3.63, 3.8) is 0 Å². The van der Waals surface area contributed by atoms with E-state index in [1.807, 2.05) is 30.3 Å². The number of likely N-dealkylation sites (N-methyl/N-ethyl adjacent to an activating group) is 1. The van der Waals surface area contributed by atoms with E-state index in [0.29, 0.717) is 23.6 Å². The number of nitrogens with zero attached hydrogens (tertiary/aromatic N) is 1. The quantitative estimate of drug-likeness (QED) is 0.741. The second kappa shape index (κ2) is 8.81. The highest BCUT2D eigenvalue weighted by atomic mass is 32.2. The summed E-state index contributed by atoms with van der Waals surface area (Å²) in [6.45, 7) is 0.332. The molecule has 8 nitrogen and oxygen atoms in total. The van der Waals surface area contributed by atoms with Crippen LogP contribution in [0.3, 0.4) is 0 Å². The third-order valence-corrected chi connectivity index (χ3v) is 6.59. The lowest BCUT2D eigenvalue weighted by molar-refractivity contribution is -0.125. The van der Waals surface area contributed by atoms with Gasteiger partial charge in [0.25, 0.3) is 10.2 Å². The summed E-state index contributed by atoms with van der Waals surface area (Å²) in [7, 11) is 0.627. The van der Waals surface area contributed by atoms with Gasteiger partial charge in [-0.1, -0.05) is 36.4 Å². The van der Waals surface area contributed by atoms with E-state index in [1.165, 1.54) is 21.3 Å². The number of carbonyl (C=O) groups is 1. The minimum absolute atomic E-state index is 0.284. The number of amides is 1. The van der Waals surface area contributed by atoms with Crippen LogP contribution in [0.5, 0.6) is 11.5 Å². The number of hydrogen-bond acceptors (Lipinski definition) is 5. The van der Waals surface area contributed by atoms with Crippen molar-refractivity contribution in [2.24, 2.45) is 0 Å². The summed E-state index contributed by atoms with van der Waals surface area (Å²) < 4.78 is 39.5. The molecular formula is C20H25N3O5S.